The van der Waals surface area contributed by atoms with Gasteiger partial charge in [-0.05, 0) is 32.2 Å². The Morgan fingerprint density at radius 2 is 2.06 bits per heavy atom. The van der Waals surface area contributed by atoms with Gasteiger partial charge in [0.05, 0.1) is 6.04 Å². The minimum absolute atomic E-state index is 0.0958. The Bertz CT molecular complexity index is 527. The lowest BCUT2D eigenvalue weighted by Gasteiger charge is -2.01. The first kappa shape index (κ1) is 11.7. The van der Waals surface area contributed by atoms with Crippen LogP contribution in [0.25, 0.3) is 11.4 Å². The van der Waals surface area contributed by atoms with Crippen LogP contribution in [0.3, 0.4) is 0 Å². The zero-order valence-electron chi connectivity index (χ0n) is 9.37. The molecule has 17 heavy (non-hydrogen) atoms. The molecule has 0 bridgehead atoms. The van der Waals surface area contributed by atoms with E-state index >= 15 is 0 Å². The summed E-state index contributed by atoms with van der Waals surface area (Å²) in [7, 11) is 1.76. The third-order valence-corrected chi connectivity index (χ3v) is 2.42. The first-order chi connectivity index (χ1) is 8.11. The Hall–Kier alpha value is -1.82. The lowest BCUT2D eigenvalue weighted by Crippen LogP contribution is -2.12. The molecule has 6 heteroatoms. The van der Waals surface area contributed by atoms with Crippen LogP contribution < -0.4 is 5.32 Å². The second-order valence-electron chi connectivity index (χ2n) is 3.60. The van der Waals surface area contributed by atoms with Crippen molar-refractivity contribution >= 4 is 0 Å². The number of hydrogen-bond donors (Lipinski definition) is 1. The molecule has 0 aliphatic rings. The maximum atomic E-state index is 13.0. The second-order valence-corrected chi connectivity index (χ2v) is 3.60. The van der Waals surface area contributed by atoms with Crippen LogP contribution in [0.2, 0.25) is 0 Å². The summed E-state index contributed by atoms with van der Waals surface area (Å²) in [6.45, 7) is 1.85. The van der Waals surface area contributed by atoms with Gasteiger partial charge in [0.15, 0.2) is 11.6 Å². The highest BCUT2D eigenvalue weighted by Gasteiger charge is 2.14. The van der Waals surface area contributed by atoms with Gasteiger partial charge in [0.25, 0.3) is 0 Å². The quantitative estimate of drug-likeness (QED) is 0.892. The minimum Gasteiger partial charge on any atom is -0.337 e. The zero-order chi connectivity index (χ0) is 12.4. The third kappa shape index (κ3) is 2.31. The predicted octanol–water partition coefficient (Wildman–Crippen LogP) is 2.30. The highest BCUT2D eigenvalue weighted by Crippen LogP contribution is 2.20. The molecule has 2 rings (SSSR count). The molecule has 1 aromatic heterocycles. The Morgan fingerprint density at radius 1 is 1.29 bits per heavy atom. The largest absolute Gasteiger partial charge is 0.337 e. The summed E-state index contributed by atoms with van der Waals surface area (Å²) in [5, 5.41) is 6.65. The highest BCUT2D eigenvalue weighted by molar-refractivity contribution is 5.54. The summed E-state index contributed by atoms with van der Waals surface area (Å²) >= 11 is 0. The van der Waals surface area contributed by atoms with Crippen molar-refractivity contribution in [2.75, 3.05) is 7.05 Å². The fourth-order valence-electron chi connectivity index (χ4n) is 1.29. The van der Waals surface area contributed by atoms with Crippen LogP contribution in [0.15, 0.2) is 22.7 Å². The Morgan fingerprint density at radius 3 is 2.71 bits per heavy atom. The lowest BCUT2D eigenvalue weighted by molar-refractivity contribution is 0.347. The van der Waals surface area contributed by atoms with E-state index in [1.165, 1.54) is 6.07 Å². The van der Waals surface area contributed by atoms with Crippen molar-refractivity contribution in [1.82, 2.24) is 15.5 Å². The molecule has 0 aliphatic heterocycles. The van der Waals surface area contributed by atoms with Crippen LogP contribution in [0, 0.1) is 11.6 Å². The van der Waals surface area contributed by atoms with Gasteiger partial charge in [-0.2, -0.15) is 4.98 Å². The first-order valence-electron chi connectivity index (χ1n) is 5.08. The van der Waals surface area contributed by atoms with Crippen LogP contribution in [0.5, 0.6) is 0 Å². The third-order valence-electron chi connectivity index (χ3n) is 2.42. The number of nitrogens with zero attached hydrogens (tertiary/aromatic N) is 2. The zero-order valence-corrected chi connectivity index (χ0v) is 9.37. The molecule has 2 aromatic rings. The highest BCUT2D eigenvalue weighted by atomic mass is 19.2. The topological polar surface area (TPSA) is 51.0 Å². The van der Waals surface area contributed by atoms with E-state index in [4.69, 9.17) is 4.52 Å². The molecule has 0 amide bonds. The summed E-state index contributed by atoms with van der Waals surface area (Å²) < 4.78 is 30.8. The van der Waals surface area contributed by atoms with Gasteiger partial charge in [0.2, 0.25) is 11.7 Å². The molecular weight excluding hydrogens is 228 g/mol. The summed E-state index contributed by atoms with van der Waals surface area (Å²) in [6.07, 6.45) is 0. The van der Waals surface area contributed by atoms with Gasteiger partial charge in [-0.3, -0.25) is 0 Å². The van der Waals surface area contributed by atoms with Crippen molar-refractivity contribution in [2.24, 2.45) is 0 Å². The lowest BCUT2D eigenvalue weighted by atomic mass is 10.2. The molecule has 90 valence electrons. The van der Waals surface area contributed by atoms with E-state index in [1.807, 2.05) is 6.92 Å². The van der Waals surface area contributed by atoms with E-state index in [0.29, 0.717) is 11.5 Å². The number of benzene rings is 1. The van der Waals surface area contributed by atoms with Crippen LogP contribution in [-0.2, 0) is 0 Å². The smallest absolute Gasteiger partial charge is 0.243 e. The fraction of sp³-hybridized carbons (Fsp3) is 0.273. The van der Waals surface area contributed by atoms with Crippen molar-refractivity contribution in [2.45, 2.75) is 13.0 Å². The number of aromatic nitrogens is 2. The van der Waals surface area contributed by atoms with Gasteiger partial charge >= 0.3 is 0 Å². The normalized spacial score (nSPS) is 12.7. The molecule has 0 radical (unpaired) electrons. The Labute approximate surface area is 96.6 Å². The number of hydrogen-bond acceptors (Lipinski definition) is 4. The molecule has 1 atom stereocenters. The van der Waals surface area contributed by atoms with Crippen LogP contribution >= 0.6 is 0 Å². The van der Waals surface area contributed by atoms with E-state index < -0.39 is 11.6 Å². The number of rotatable bonds is 3. The van der Waals surface area contributed by atoms with Gasteiger partial charge < -0.3 is 9.84 Å². The van der Waals surface area contributed by atoms with Crippen LogP contribution in [-0.4, -0.2) is 17.2 Å². The maximum Gasteiger partial charge on any atom is 0.243 e. The van der Waals surface area contributed by atoms with Crippen molar-refractivity contribution < 1.29 is 13.3 Å². The average molecular weight is 239 g/mol. The molecule has 1 unspecified atom stereocenters. The van der Waals surface area contributed by atoms with Crippen LogP contribution in [0.1, 0.15) is 18.9 Å². The standard InChI is InChI=1S/C11H11F2N3O/c1-6(14-2)11-15-10(16-17-11)7-3-4-8(12)9(13)5-7/h3-6,14H,1-2H3. The van der Waals surface area contributed by atoms with Gasteiger partial charge in [-0.1, -0.05) is 5.16 Å². The molecule has 0 aliphatic carbocycles. The van der Waals surface area contributed by atoms with Crippen molar-refractivity contribution in [3.8, 4) is 11.4 Å². The summed E-state index contributed by atoms with van der Waals surface area (Å²) in [6, 6.07) is 3.37. The molecule has 1 aromatic carbocycles. The molecule has 0 fully saturated rings. The molecule has 4 nitrogen and oxygen atoms in total. The van der Waals surface area contributed by atoms with E-state index in [-0.39, 0.29) is 11.9 Å². The maximum absolute atomic E-state index is 13.0. The van der Waals surface area contributed by atoms with Gasteiger partial charge in [-0.25, -0.2) is 8.78 Å². The van der Waals surface area contributed by atoms with E-state index in [0.717, 1.165) is 12.1 Å². The second kappa shape index (κ2) is 4.58. The summed E-state index contributed by atoms with van der Waals surface area (Å²) in [5.41, 5.74) is 0.377. The molecule has 1 N–H and O–H groups in total. The van der Waals surface area contributed by atoms with E-state index in [2.05, 4.69) is 15.5 Å². The van der Waals surface area contributed by atoms with Gasteiger partial charge in [-0.15, -0.1) is 0 Å². The Balaban J connectivity index is 2.33. The van der Waals surface area contributed by atoms with E-state index in [9.17, 15) is 8.78 Å². The van der Waals surface area contributed by atoms with E-state index in [1.54, 1.807) is 7.05 Å². The van der Waals surface area contributed by atoms with Crippen molar-refractivity contribution in [1.29, 1.82) is 0 Å². The number of halogens is 2. The van der Waals surface area contributed by atoms with Crippen LogP contribution in [0.4, 0.5) is 8.78 Å². The fourth-order valence-corrected chi connectivity index (χ4v) is 1.29. The predicted molar refractivity (Wildman–Crippen MR) is 57.1 cm³/mol. The van der Waals surface area contributed by atoms with Gasteiger partial charge in [0, 0.05) is 5.56 Å². The number of nitrogens with one attached hydrogen (secondary N) is 1. The summed E-state index contributed by atoms with van der Waals surface area (Å²) in [4.78, 5) is 4.09. The molecule has 0 spiro atoms. The molecule has 0 saturated carbocycles. The SMILES string of the molecule is CNC(C)c1nc(-c2ccc(F)c(F)c2)no1. The first-order valence-corrected chi connectivity index (χ1v) is 5.08. The average Bonchev–Trinajstić information content (AvgIpc) is 2.81. The van der Waals surface area contributed by atoms with Gasteiger partial charge in [0.1, 0.15) is 0 Å². The van der Waals surface area contributed by atoms with Crippen molar-refractivity contribution in [3.63, 3.8) is 0 Å². The summed E-state index contributed by atoms with van der Waals surface area (Å²) in [5.74, 6) is -1.20. The molecule has 0 saturated heterocycles. The minimum atomic E-state index is -0.935. The monoisotopic (exact) mass is 239 g/mol. The van der Waals surface area contributed by atoms with Crippen molar-refractivity contribution in [3.05, 3.63) is 35.7 Å². The Kier molecular flexibility index (Phi) is 3.14. The molecule has 1 heterocycles. The molecular formula is C11H11F2N3O.